The number of ether oxygens (including phenoxy) is 1. The highest BCUT2D eigenvalue weighted by Gasteiger charge is 2.30. The average Bonchev–Trinajstić information content (AvgIpc) is 2.69. The maximum atomic E-state index is 12.5. The fraction of sp³-hybridized carbons (Fsp3) is 0.182. The molecule has 0 unspecified atom stereocenters. The molecule has 1 aromatic carbocycles. The molecule has 90 valence electrons. The van der Waals surface area contributed by atoms with Crippen molar-refractivity contribution >= 4 is 38.7 Å². The van der Waals surface area contributed by atoms with Crippen LogP contribution in [0.1, 0.15) is 10.4 Å². The Balaban J connectivity index is 2.52. The molecule has 0 spiro atoms. The zero-order chi connectivity index (χ0) is 12.6. The molecule has 2 aromatic rings. The van der Waals surface area contributed by atoms with Crippen LogP contribution in [0.15, 0.2) is 24.3 Å². The normalized spacial score (nSPS) is 11.8. The molecule has 0 aliphatic rings. The molecule has 1 heterocycles. The van der Waals surface area contributed by atoms with Gasteiger partial charge in [0.05, 0.1) is 17.6 Å². The molecule has 0 bridgehead atoms. The number of methoxy groups -OCH3 is 1. The lowest BCUT2D eigenvalue weighted by Gasteiger charge is -2.05. The highest BCUT2D eigenvalue weighted by atomic mass is 32.1. The van der Waals surface area contributed by atoms with E-state index >= 15 is 0 Å². The summed E-state index contributed by atoms with van der Waals surface area (Å²) in [4.78, 5) is 0.664. The fourth-order valence-electron chi connectivity index (χ4n) is 1.42. The lowest BCUT2D eigenvalue weighted by atomic mass is 10.1. The van der Waals surface area contributed by atoms with Gasteiger partial charge in [-0.3, -0.25) is 0 Å². The summed E-state index contributed by atoms with van der Waals surface area (Å²) in [7, 11) is 1.44. The maximum Gasteiger partial charge on any atom is 0.416 e. The van der Waals surface area contributed by atoms with E-state index in [0.29, 0.717) is 15.3 Å². The third-order valence-electron chi connectivity index (χ3n) is 2.23. The van der Waals surface area contributed by atoms with Crippen molar-refractivity contribution in [3.8, 4) is 0 Å². The van der Waals surface area contributed by atoms with Crippen molar-refractivity contribution in [2.24, 2.45) is 0 Å². The van der Waals surface area contributed by atoms with Crippen molar-refractivity contribution < 1.29 is 17.9 Å². The van der Waals surface area contributed by atoms with Crippen LogP contribution in [0.3, 0.4) is 0 Å². The van der Waals surface area contributed by atoms with Crippen LogP contribution in [0.4, 0.5) is 13.2 Å². The highest BCUT2D eigenvalue weighted by molar-refractivity contribution is 7.80. The van der Waals surface area contributed by atoms with Crippen LogP contribution in [0.25, 0.3) is 10.1 Å². The molecule has 0 fully saturated rings. The van der Waals surface area contributed by atoms with Gasteiger partial charge in [-0.15, -0.1) is 11.3 Å². The van der Waals surface area contributed by atoms with Crippen LogP contribution >= 0.6 is 23.6 Å². The van der Waals surface area contributed by atoms with Gasteiger partial charge in [-0.1, -0.05) is 0 Å². The van der Waals surface area contributed by atoms with Crippen molar-refractivity contribution in [2.45, 2.75) is 6.18 Å². The summed E-state index contributed by atoms with van der Waals surface area (Å²) in [5, 5.41) is 0.819. The number of fused-ring (bicyclic) bond motifs is 1. The zero-order valence-corrected chi connectivity index (χ0v) is 10.3. The molecule has 17 heavy (non-hydrogen) atoms. The maximum absolute atomic E-state index is 12.5. The first-order valence-corrected chi connectivity index (χ1v) is 5.83. The zero-order valence-electron chi connectivity index (χ0n) is 8.67. The van der Waals surface area contributed by atoms with Crippen molar-refractivity contribution in [3.63, 3.8) is 0 Å². The number of hydrogen-bond acceptors (Lipinski definition) is 3. The summed E-state index contributed by atoms with van der Waals surface area (Å²) in [6.45, 7) is 0. The number of rotatable bonds is 1. The predicted molar refractivity (Wildman–Crippen MR) is 65.5 cm³/mol. The highest BCUT2D eigenvalue weighted by Crippen LogP contribution is 2.34. The molecule has 0 atom stereocenters. The van der Waals surface area contributed by atoms with Crippen LogP contribution in [-0.2, 0) is 10.9 Å². The Morgan fingerprint density at radius 3 is 2.59 bits per heavy atom. The van der Waals surface area contributed by atoms with E-state index in [2.05, 4.69) is 0 Å². The first-order chi connectivity index (χ1) is 7.91. The van der Waals surface area contributed by atoms with E-state index < -0.39 is 11.7 Å². The van der Waals surface area contributed by atoms with E-state index in [0.717, 1.165) is 16.8 Å². The molecule has 0 saturated heterocycles. The molecule has 0 radical (unpaired) electrons. The van der Waals surface area contributed by atoms with Gasteiger partial charge in [-0.05, 0) is 41.9 Å². The smallest absolute Gasteiger partial charge is 0.416 e. The van der Waals surface area contributed by atoms with Gasteiger partial charge in [0.15, 0.2) is 0 Å². The molecule has 1 aromatic heterocycles. The van der Waals surface area contributed by atoms with Gasteiger partial charge in [-0.25, -0.2) is 0 Å². The first-order valence-electron chi connectivity index (χ1n) is 4.61. The van der Waals surface area contributed by atoms with Crippen LogP contribution in [0.5, 0.6) is 0 Å². The molecule has 0 aliphatic carbocycles. The monoisotopic (exact) mass is 276 g/mol. The van der Waals surface area contributed by atoms with E-state index in [-0.39, 0.29) is 0 Å². The molecule has 6 heteroatoms. The minimum absolute atomic E-state index is 0.291. The molecular formula is C11H7F3OS2. The van der Waals surface area contributed by atoms with Crippen LogP contribution in [0.2, 0.25) is 0 Å². The molecule has 2 rings (SSSR count). The van der Waals surface area contributed by atoms with Gasteiger partial charge in [0.1, 0.15) is 0 Å². The second-order valence-electron chi connectivity index (χ2n) is 3.35. The first kappa shape index (κ1) is 12.3. The Kier molecular flexibility index (Phi) is 3.09. The van der Waals surface area contributed by atoms with Gasteiger partial charge >= 0.3 is 6.18 Å². The molecule has 0 saturated carbocycles. The number of alkyl halides is 3. The largest absolute Gasteiger partial charge is 0.486 e. The van der Waals surface area contributed by atoms with Crippen molar-refractivity contribution in [1.29, 1.82) is 0 Å². The SMILES string of the molecule is COC(=S)c1cc2cc(C(F)(F)F)ccc2s1. The van der Waals surface area contributed by atoms with E-state index in [1.165, 1.54) is 24.5 Å². The number of hydrogen-bond donors (Lipinski definition) is 0. The summed E-state index contributed by atoms with van der Waals surface area (Å²) < 4.78 is 43.1. The number of halogens is 3. The second-order valence-corrected chi connectivity index (χ2v) is 4.81. The minimum Gasteiger partial charge on any atom is -0.486 e. The Morgan fingerprint density at radius 1 is 1.29 bits per heavy atom. The molecular weight excluding hydrogens is 269 g/mol. The topological polar surface area (TPSA) is 9.23 Å². The number of benzene rings is 1. The Bertz CT molecular complexity index is 572. The quantitative estimate of drug-likeness (QED) is 0.720. The van der Waals surface area contributed by atoms with Gasteiger partial charge in [-0.2, -0.15) is 13.2 Å². The van der Waals surface area contributed by atoms with Crippen LogP contribution in [-0.4, -0.2) is 12.2 Å². The average molecular weight is 276 g/mol. The number of thiophene rings is 1. The molecule has 0 aliphatic heterocycles. The van der Waals surface area contributed by atoms with E-state index in [1.807, 2.05) is 0 Å². The summed E-state index contributed by atoms with van der Waals surface area (Å²) in [5.41, 5.74) is -0.655. The summed E-state index contributed by atoms with van der Waals surface area (Å²) in [5.74, 6) is 0. The lowest BCUT2D eigenvalue weighted by molar-refractivity contribution is -0.137. The third kappa shape index (κ3) is 2.42. The lowest BCUT2D eigenvalue weighted by Crippen LogP contribution is -2.03. The molecule has 0 amide bonds. The van der Waals surface area contributed by atoms with Crippen molar-refractivity contribution in [3.05, 3.63) is 34.7 Å². The van der Waals surface area contributed by atoms with Crippen molar-refractivity contribution in [2.75, 3.05) is 7.11 Å². The fourth-order valence-corrected chi connectivity index (χ4v) is 2.57. The minimum atomic E-state index is -4.32. The van der Waals surface area contributed by atoms with Crippen molar-refractivity contribution in [1.82, 2.24) is 0 Å². The van der Waals surface area contributed by atoms with E-state index in [4.69, 9.17) is 17.0 Å². The predicted octanol–water partition coefficient (Wildman–Crippen LogP) is 4.24. The van der Waals surface area contributed by atoms with Crippen LogP contribution in [0, 0.1) is 0 Å². The Hall–Kier alpha value is -1.14. The van der Waals surface area contributed by atoms with Gasteiger partial charge in [0, 0.05) is 4.70 Å². The van der Waals surface area contributed by atoms with E-state index in [1.54, 1.807) is 6.07 Å². The third-order valence-corrected chi connectivity index (χ3v) is 3.86. The summed E-state index contributed by atoms with van der Waals surface area (Å²) in [6, 6.07) is 5.25. The Labute approximate surface area is 105 Å². The van der Waals surface area contributed by atoms with E-state index in [9.17, 15) is 13.2 Å². The second kappa shape index (κ2) is 4.27. The number of thiocarbonyl (C=S) groups is 1. The van der Waals surface area contributed by atoms with Gasteiger partial charge in [0.2, 0.25) is 5.05 Å². The van der Waals surface area contributed by atoms with Gasteiger partial charge < -0.3 is 4.74 Å². The standard InChI is InChI=1S/C11H7F3OS2/c1-15-10(16)9-5-6-4-7(11(12,13)14)2-3-8(6)17-9/h2-5H,1H3. The summed E-state index contributed by atoms with van der Waals surface area (Å²) >= 11 is 6.25. The van der Waals surface area contributed by atoms with Gasteiger partial charge in [0.25, 0.3) is 0 Å². The Morgan fingerprint density at radius 2 is 2.00 bits per heavy atom. The molecule has 0 N–H and O–H groups in total. The van der Waals surface area contributed by atoms with Crippen LogP contribution < -0.4 is 0 Å². The summed E-state index contributed by atoms with van der Waals surface area (Å²) in [6.07, 6.45) is -4.32. The molecule has 1 nitrogen and oxygen atoms in total.